The molecule has 0 amide bonds. The summed E-state index contributed by atoms with van der Waals surface area (Å²) in [6.07, 6.45) is 84.5. The average Bonchev–Trinajstić information content (AvgIpc) is 0.939. The van der Waals surface area contributed by atoms with E-state index in [0.717, 1.165) is 218 Å². The quantitative estimate of drug-likeness (QED) is 0.0169. The molecular weight excluding hydrogens is 1350 g/mol. The first-order valence-corrected chi connectivity index (χ1v) is 43.8. The Morgan fingerprint density at radius 1 is 0.279 bits per heavy atom. The van der Waals surface area contributed by atoms with Crippen LogP contribution in [0.25, 0.3) is 0 Å². The van der Waals surface area contributed by atoms with Crippen LogP contribution in [0.1, 0.15) is 336 Å². The second kappa shape index (κ2) is 76.6. The molecule has 5 unspecified atom stereocenters. The van der Waals surface area contributed by atoms with Gasteiger partial charge in [-0.3, -0.25) is 37.3 Å². The standard InChI is InChI=1S/C85H146O17P2/c1-5-9-13-17-21-25-29-33-36-38-39-41-44-47-50-54-58-62-66-70-83(88)95-75-80(101-84(89)71-67-63-59-55-51-45-32-28-24-20-16-12-8-4)77-99-103(91,92)97-73-79(86)74-98-104(93,94)100-78-81(102-85(90)72-68-64-60-56-52-48-42-35-31-27-23-19-15-11-7-3)76-96-82(87)69-65-61-57-53-49-46-43-40-37-34-30-26-22-18-14-10-6-2/h10,14,16,20-23,25-28,32-37,39,41-42,79-81,86H,5-9,11-13,15,17-19,24,29-31,38,40,43-78H2,1-4H3,(H,91,92)(H,93,94)/b14-10-,20-16-,25-21-,26-22-,27-23-,32-28-,36-33-,37-34-,41-39-,42-35-. The van der Waals surface area contributed by atoms with Crippen molar-refractivity contribution < 1.29 is 80.2 Å². The van der Waals surface area contributed by atoms with E-state index in [1.807, 2.05) is 0 Å². The van der Waals surface area contributed by atoms with Crippen molar-refractivity contribution in [2.24, 2.45) is 0 Å². The highest BCUT2D eigenvalue weighted by Gasteiger charge is 2.30. The highest BCUT2D eigenvalue weighted by molar-refractivity contribution is 7.47. The molecule has 0 heterocycles. The minimum atomic E-state index is -4.99. The molecule has 0 aromatic carbocycles. The molecule has 0 saturated carbocycles. The maximum absolute atomic E-state index is 13.1. The van der Waals surface area contributed by atoms with Crippen LogP contribution in [0.3, 0.4) is 0 Å². The van der Waals surface area contributed by atoms with E-state index in [2.05, 4.69) is 149 Å². The molecule has 0 aliphatic carbocycles. The Kier molecular flexibility index (Phi) is 73.3. The predicted octanol–water partition coefficient (Wildman–Crippen LogP) is 23.9. The molecule has 19 heteroatoms. The molecule has 5 atom stereocenters. The van der Waals surface area contributed by atoms with E-state index in [1.54, 1.807) is 0 Å². The van der Waals surface area contributed by atoms with Gasteiger partial charge in [-0.15, -0.1) is 0 Å². The molecule has 0 rings (SSSR count). The van der Waals surface area contributed by atoms with Crippen molar-refractivity contribution in [2.75, 3.05) is 39.6 Å². The first-order valence-electron chi connectivity index (χ1n) is 40.8. The van der Waals surface area contributed by atoms with Gasteiger partial charge in [-0.2, -0.15) is 0 Å². The SMILES string of the molecule is CC/C=C\C/C=C\C/C=C\CCCCCCCCCC(=O)OCC(COP(=O)(O)OCC(O)COP(=O)(O)OCC(COC(=O)CCCCCCCC/C=C\C/C=C\C/C=C\CCCCC)OC(=O)CCCCCCC/C=C\C/C=C\CCC)OC(=O)CCCCCCC/C=C\C/C=C\CCCCC. The van der Waals surface area contributed by atoms with Crippen LogP contribution in [0.4, 0.5) is 0 Å². The van der Waals surface area contributed by atoms with Gasteiger partial charge < -0.3 is 33.8 Å². The number of allylic oxidation sites excluding steroid dienone is 20. The summed E-state index contributed by atoms with van der Waals surface area (Å²) in [6.45, 7) is 4.62. The number of phosphoric acid groups is 2. The van der Waals surface area contributed by atoms with Crippen LogP contribution in [-0.4, -0.2) is 96.7 Å². The number of aliphatic hydroxyl groups excluding tert-OH is 1. The maximum Gasteiger partial charge on any atom is 0.472 e. The van der Waals surface area contributed by atoms with Crippen molar-refractivity contribution >= 4 is 39.5 Å². The number of esters is 4. The molecule has 0 aliphatic heterocycles. The summed E-state index contributed by atoms with van der Waals surface area (Å²) in [5.41, 5.74) is 0. The molecule has 0 bridgehead atoms. The lowest BCUT2D eigenvalue weighted by atomic mass is 10.1. The Hall–Kier alpha value is -4.54. The molecule has 0 aromatic heterocycles. The van der Waals surface area contributed by atoms with Crippen LogP contribution in [0.5, 0.6) is 0 Å². The van der Waals surface area contributed by atoms with Gasteiger partial charge in [0.15, 0.2) is 12.2 Å². The van der Waals surface area contributed by atoms with Crippen molar-refractivity contribution in [2.45, 2.75) is 354 Å². The lowest BCUT2D eigenvalue weighted by Crippen LogP contribution is -2.30. The number of hydrogen-bond acceptors (Lipinski definition) is 15. The molecule has 0 radical (unpaired) electrons. The van der Waals surface area contributed by atoms with Crippen LogP contribution in [0.15, 0.2) is 122 Å². The van der Waals surface area contributed by atoms with Crippen LogP contribution < -0.4 is 0 Å². The van der Waals surface area contributed by atoms with E-state index in [-0.39, 0.29) is 25.7 Å². The second-order valence-electron chi connectivity index (χ2n) is 27.0. The summed E-state index contributed by atoms with van der Waals surface area (Å²) in [4.78, 5) is 73.1. The molecule has 0 fully saturated rings. The van der Waals surface area contributed by atoms with Gasteiger partial charge in [0.1, 0.15) is 19.3 Å². The molecule has 0 saturated heterocycles. The maximum atomic E-state index is 13.1. The monoisotopic (exact) mass is 1500 g/mol. The Labute approximate surface area is 632 Å². The lowest BCUT2D eigenvalue weighted by Gasteiger charge is -2.21. The smallest absolute Gasteiger partial charge is 0.462 e. The van der Waals surface area contributed by atoms with Gasteiger partial charge in [0, 0.05) is 25.7 Å². The predicted molar refractivity (Wildman–Crippen MR) is 427 cm³/mol. The van der Waals surface area contributed by atoms with Gasteiger partial charge in [0.25, 0.3) is 0 Å². The third-order valence-electron chi connectivity index (χ3n) is 16.9. The zero-order valence-corrected chi connectivity index (χ0v) is 67.2. The van der Waals surface area contributed by atoms with Crippen molar-refractivity contribution in [3.05, 3.63) is 122 Å². The first kappa shape index (κ1) is 99.5. The normalized spacial score (nSPS) is 14.5. The van der Waals surface area contributed by atoms with E-state index in [4.69, 9.17) is 37.0 Å². The van der Waals surface area contributed by atoms with Crippen molar-refractivity contribution in [1.29, 1.82) is 0 Å². The number of aliphatic hydroxyl groups is 1. The first-order chi connectivity index (χ1) is 50.7. The fourth-order valence-corrected chi connectivity index (χ4v) is 12.2. The largest absolute Gasteiger partial charge is 0.472 e. The van der Waals surface area contributed by atoms with Gasteiger partial charge in [0.05, 0.1) is 26.4 Å². The highest BCUT2D eigenvalue weighted by atomic mass is 31.2. The van der Waals surface area contributed by atoms with Gasteiger partial charge in [-0.25, -0.2) is 9.13 Å². The molecule has 3 N–H and O–H groups in total. The van der Waals surface area contributed by atoms with Gasteiger partial charge >= 0.3 is 39.5 Å². The van der Waals surface area contributed by atoms with Crippen molar-refractivity contribution in [3.8, 4) is 0 Å². The molecule has 104 heavy (non-hydrogen) atoms. The topological polar surface area (TPSA) is 237 Å². The molecule has 0 aromatic rings. The van der Waals surface area contributed by atoms with Crippen LogP contribution >= 0.6 is 15.6 Å². The summed E-state index contributed by atoms with van der Waals surface area (Å²) >= 11 is 0. The number of ether oxygens (including phenoxy) is 4. The van der Waals surface area contributed by atoms with Crippen LogP contribution in [-0.2, 0) is 65.4 Å². The van der Waals surface area contributed by atoms with Crippen molar-refractivity contribution in [1.82, 2.24) is 0 Å². The fourth-order valence-electron chi connectivity index (χ4n) is 10.7. The third-order valence-corrected chi connectivity index (χ3v) is 18.8. The van der Waals surface area contributed by atoms with Crippen molar-refractivity contribution in [3.63, 3.8) is 0 Å². The van der Waals surface area contributed by atoms with E-state index in [0.29, 0.717) is 25.7 Å². The van der Waals surface area contributed by atoms with Gasteiger partial charge in [0.2, 0.25) is 0 Å². The number of phosphoric ester groups is 2. The number of carbonyl (C=O) groups is 4. The summed E-state index contributed by atoms with van der Waals surface area (Å²) in [7, 11) is -9.97. The summed E-state index contributed by atoms with van der Waals surface area (Å²) in [5.74, 6) is -2.22. The van der Waals surface area contributed by atoms with E-state index < -0.39 is 97.5 Å². The second-order valence-corrected chi connectivity index (χ2v) is 29.9. The molecule has 17 nitrogen and oxygen atoms in total. The average molecular weight is 1500 g/mol. The molecule has 0 aliphatic rings. The summed E-state index contributed by atoms with van der Waals surface area (Å²) in [5, 5.41) is 10.6. The third kappa shape index (κ3) is 75.7. The number of carbonyl (C=O) groups excluding carboxylic acids is 4. The number of rotatable bonds is 76. The van der Waals surface area contributed by atoms with Gasteiger partial charge in [-0.05, 0) is 154 Å². The van der Waals surface area contributed by atoms with E-state index in [1.165, 1.54) is 38.5 Å². The lowest BCUT2D eigenvalue weighted by molar-refractivity contribution is -0.161. The molecular formula is C85H146O17P2. The minimum absolute atomic E-state index is 0.0737. The van der Waals surface area contributed by atoms with Crippen LogP contribution in [0.2, 0.25) is 0 Å². The summed E-state index contributed by atoms with van der Waals surface area (Å²) in [6, 6.07) is 0. The van der Waals surface area contributed by atoms with E-state index in [9.17, 15) is 43.2 Å². The minimum Gasteiger partial charge on any atom is -0.462 e. The Balaban J connectivity index is 5.37. The molecule has 598 valence electrons. The fraction of sp³-hybridized carbons (Fsp3) is 0.718. The summed E-state index contributed by atoms with van der Waals surface area (Å²) < 4.78 is 68.6. The zero-order valence-electron chi connectivity index (χ0n) is 65.4. The highest BCUT2D eigenvalue weighted by Crippen LogP contribution is 2.45. The number of hydrogen-bond donors (Lipinski definition) is 3. The van der Waals surface area contributed by atoms with E-state index >= 15 is 0 Å². The van der Waals surface area contributed by atoms with Crippen LogP contribution in [0, 0.1) is 0 Å². The van der Waals surface area contributed by atoms with Gasteiger partial charge in [-0.1, -0.05) is 278 Å². The Morgan fingerprint density at radius 2 is 0.519 bits per heavy atom. The Bertz CT molecular complexity index is 2440. The molecule has 0 spiro atoms. The zero-order chi connectivity index (χ0) is 76.0. The Morgan fingerprint density at radius 3 is 0.808 bits per heavy atom. The number of unbranched alkanes of at least 4 members (excludes halogenated alkanes) is 30.